The van der Waals surface area contributed by atoms with Crippen LogP contribution in [0.4, 0.5) is 0 Å². The lowest BCUT2D eigenvalue weighted by Gasteiger charge is -1.95. The first-order valence-electron chi connectivity index (χ1n) is 7.15. The molecule has 0 spiro atoms. The monoisotopic (exact) mass is 322 g/mol. The second-order valence-electron chi connectivity index (χ2n) is 5.21. The van der Waals surface area contributed by atoms with Gasteiger partial charge in [0.1, 0.15) is 22.2 Å². The van der Waals surface area contributed by atoms with Crippen LogP contribution in [-0.2, 0) is 0 Å². The molecule has 1 aromatic heterocycles. The standard InChI is InChI=1S/C18H14N2O4/c21-13-5-1-11(2-6-13)9-15-17(23)20-16(18(24)19-15)10-12-3-7-14(22)8-4-12/h1-10,21-22H,(H,19,24)(H,20,23)/b15-9-,16-10+. The summed E-state index contributed by atoms with van der Waals surface area (Å²) in [4.78, 5) is 29.4. The molecule has 0 unspecified atom stereocenters. The smallest absolute Gasteiger partial charge is 0.272 e. The van der Waals surface area contributed by atoms with Gasteiger partial charge in [-0.2, -0.15) is 0 Å². The number of nitrogens with one attached hydrogen (secondary N) is 2. The van der Waals surface area contributed by atoms with Crippen molar-refractivity contribution in [3.05, 3.63) is 91.1 Å². The largest absolute Gasteiger partial charge is 0.508 e. The minimum atomic E-state index is -0.437. The zero-order chi connectivity index (χ0) is 17.1. The van der Waals surface area contributed by atoms with E-state index in [0.717, 1.165) is 0 Å². The van der Waals surface area contributed by atoms with Crippen molar-refractivity contribution in [1.82, 2.24) is 9.97 Å². The van der Waals surface area contributed by atoms with Crippen LogP contribution in [0.3, 0.4) is 0 Å². The highest BCUT2D eigenvalue weighted by Gasteiger charge is 1.97. The highest BCUT2D eigenvalue weighted by molar-refractivity contribution is 5.50. The minimum Gasteiger partial charge on any atom is -0.508 e. The third kappa shape index (κ3) is 3.44. The van der Waals surface area contributed by atoms with E-state index in [2.05, 4.69) is 9.97 Å². The maximum absolute atomic E-state index is 12.1. The number of rotatable bonds is 2. The van der Waals surface area contributed by atoms with Gasteiger partial charge < -0.3 is 20.2 Å². The van der Waals surface area contributed by atoms with Crippen molar-refractivity contribution in [3.8, 4) is 11.5 Å². The van der Waals surface area contributed by atoms with Gasteiger partial charge in [0.25, 0.3) is 11.1 Å². The van der Waals surface area contributed by atoms with Crippen molar-refractivity contribution < 1.29 is 10.2 Å². The summed E-state index contributed by atoms with van der Waals surface area (Å²) in [5.74, 6) is 0.238. The van der Waals surface area contributed by atoms with Crippen LogP contribution in [0.5, 0.6) is 11.5 Å². The summed E-state index contributed by atoms with van der Waals surface area (Å²) in [5.41, 5.74) is 0.467. The molecule has 4 N–H and O–H groups in total. The van der Waals surface area contributed by atoms with Gasteiger partial charge in [-0.15, -0.1) is 0 Å². The van der Waals surface area contributed by atoms with Crippen molar-refractivity contribution in [2.75, 3.05) is 0 Å². The molecule has 0 aliphatic rings. The molecule has 24 heavy (non-hydrogen) atoms. The number of aromatic hydroxyl groups is 2. The van der Waals surface area contributed by atoms with Crippen molar-refractivity contribution in [1.29, 1.82) is 0 Å². The lowest BCUT2D eigenvalue weighted by atomic mass is 10.2. The summed E-state index contributed by atoms with van der Waals surface area (Å²) in [7, 11) is 0. The number of benzene rings is 2. The van der Waals surface area contributed by atoms with E-state index in [9.17, 15) is 19.8 Å². The Kier molecular flexibility index (Phi) is 4.03. The summed E-state index contributed by atoms with van der Waals surface area (Å²) in [6, 6.07) is 12.5. The Hall–Kier alpha value is -3.54. The highest BCUT2D eigenvalue weighted by atomic mass is 16.3. The van der Waals surface area contributed by atoms with Gasteiger partial charge in [0.2, 0.25) is 0 Å². The molecule has 0 aliphatic heterocycles. The number of phenolic OH excluding ortho intramolecular Hbond substituents is 2. The van der Waals surface area contributed by atoms with E-state index < -0.39 is 11.1 Å². The van der Waals surface area contributed by atoms with Crippen LogP contribution >= 0.6 is 0 Å². The number of aromatic amines is 2. The van der Waals surface area contributed by atoms with Gasteiger partial charge in [0, 0.05) is 0 Å². The lowest BCUT2D eigenvalue weighted by molar-refractivity contribution is 0.474. The molecule has 0 radical (unpaired) electrons. The Morgan fingerprint density at radius 3 is 1.29 bits per heavy atom. The molecule has 3 rings (SSSR count). The Labute approximate surface area is 135 Å². The predicted octanol–water partition coefficient (Wildman–Crippen LogP) is 0.132. The van der Waals surface area contributed by atoms with Gasteiger partial charge in [-0.25, -0.2) is 0 Å². The third-order valence-electron chi connectivity index (χ3n) is 3.39. The van der Waals surface area contributed by atoms with Gasteiger partial charge >= 0.3 is 0 Å². The van der Waals surface area contributed by atoms with E-state index >= 15 is 0 Å². The fourth-order valence-electron chi connectivity index (χ4n) is 2.17. The molecule has 6 nitrogen and oxygen atoms in total. The third-order valence-corrected chi connectivity index (χ3v) is 3.39. The predicted molar refractivity (Wildman–Crippen MR) is 90.3 cm³/mol. The van der Waals surface area contributed by atoms with Crippen LogP contribution in [0.25, 0.3) is 12.2 Å². The van der Waals surface area contributed by atoms with Gasteiger partial charge in [-0.3, -0.25) is 9.59 Å². The van der Waals surface area contributed by atoms with E-state index in [0.29, 0.717) is 11.1 Å². The second kappa shape index (κ2) is 6.29. The quantitative estimate of drug-likeness (QED) is 0.538. The molecule has 2 aromatic carbocycles. The van der Waals surface area contributed by atoms with Gasteiger partial charge in [0.05, 0.1) is 0 Å². The molecule has 1 heterocycles. The SMILES string of the molecule is O=c1[nH]/c(=C/c2ccc(O)cc2)c(=O)[nH]/c1=C\c1ccc(O)cc1. The van der Waals surface area contributed by atoms with Gasteiger partial charge in [0.15, 0.2) is 0 Å². The van der Waals surface area contributed by atoms with E-state index in [1.54, 1.807) is 24.3 Å². The van der Waals surface area contributed by atoms with E-state index in [1.165, 1.54) is 36.4 Å². The summed E-state index contributed by atoms with van der Waals surface area (Å²) in [6.07, 6.45) is 3.04. The molecule has 0 atom stereocenters. The summed E-state index contributed by atoms with van der Waals surface area (Å²) < 4.78 is 0. The maximum Gasteiger partial charge on any atom is 0.272 e. The van der Waals surface area contributed by atoms with Gasteiger partial charge in [-0.05, 0) is 47.5 Å². The number of hydrogen-bond donors (Lipinski definition) is 4. The first-order chi connectivity index (χ1) is 11.5. The number of hydrogen-bond acceptors (Lipinski definition) is 4. The molecule has 0 bridgehead atoms. The van der Waals surface area contributed by atoms with Crippen LogP contribution in [0, 0.1) is 0 Å². The topological polar surface area (TPSA) is 106 Å². The number of phenols is 2. The summed E-state index contributed by atoms with van der Waals surface area (Å²) >= 11 is 0. The second-order valence-corrected chi connectivity index (χ2v) is 5.21. The number of H-pyrrole nitrogens is 2. The van der Waals surface area contributed by atoms with E-state index in [4.69, 9.17) is 0 Å². The Morgan fingerprint density at radius 1 is 0.625 bits per heavy atom. The molecule has 0 aliphatic carbocycles. The summed E-state index contributed by atoms with van der Waals surface area (Å²) in [6.45, 7) is 0. The maximum atomic E-state index is 12.1. The molecular formula is C18H14N2O4. The Morgan fingerprint density at radius 2 is 0.958 bits per heavy atom. The number of aromatic nitrogens is 2. The molecule has 0 saturated carbocycles. The van der Waals surface area contributed by atoms with E-state index in [1.807, 2.05) is 0 Å². The molecule has 0 fully saturated rings. The highest BCUT2D eigenvalue weighted by Crippen LogP contribution is 2.10. The zero-order valence-electron chi connectivity index (χ0n) is 12.5. The Bertz CT molecular complexity index is 1000. The molecule has 0 amide bonds. The van der Waals surface area contributed by atoms with Crippen molar-refractivity contribution >= 4 is 12.2 Å². The molecule has 6 heteroatoms. The first kappa shape index (κ1) is 15.4. The zero-order valence-corrected chi connectivity index (χ0v) is 12.5. The van der Waals surface area contributed by atoms with Crippen LogP contribution in [0.2, 0.25) is 0 Å². The van der Waals surface area contributed by atoms with Crippen LogP contribution in [0.15, 0.2) is 58.1 Å². The molecule has 0 saturated heterocycles. The lowest BCUT2D eigenvalue weighted by Crippen LogP contribution is -2.46. The molecular weight excluding hydrogens is 308 g/mol. The summed E-state index contributed by atoms with van der Waals surface area (Å²) in [5, 5.41) is 18.7. The minimum absolute atomic E-state index is 0.119. The average molecular weight is 322 g/mol. The average Bonchev–Trinajstić information content (AvgIpc) is 2.56. The van der Waals surface area contributed by atoms with Gasteiger partial charge in [-0.1, -0.05) is 24.3 Å². The van der Waals surface area contributed by atoms with Crippen molar-refractivity contribution in [2.45, 2.75) is 0 Å². The van der Waals surface area contributed by atoms with Crippen LogP contribution < -0.4 is 21.8 Å². The van der Waals surface area contributed by atoms with E-state index in [-0.39, 0.29) is 22.2 Å². The first-order valence-corrected chi connectivity index (χ1v) is 7.15. The fraction of sp³-hybridized carbons (Fsp3) is 0. The Balaban J connectivity index is 2.09. The van der Waals surface area contributed by atoms with Crippen molar-refractivity contribution in [3.63, 3.8) is 0 Å². The molecule has 120 valence electrons. The normalized spacial score (nSPS) is 12.5. The van der Waals surface area contributed by atoms with Crippen LogP contribution in [0.1, 0.15) is 11.1 Å². The van der Waals surface area contributed by atoms with Crippen molar-refractivity contribution in [2.24, 2.45) is 0 Å². The molecule has 3 aromatic rings. The fourth-order valence-corrected chi connectivity index (χ4v) is 2.17. The van der Waals surface area contributed by atoms with Crippen LogP contribution in [-0.4, -0.2) is 20.2 Å².